The molecule has 1 aromatic heterocycles. The molecule has 0 saturated carbocycles. The average Bonchev–Trinajstić information content (AvgIpc) is 3.22. The van der Waals surface area contributed by atoms with Gasteiger partial charge in [0.25, 0.3) is 5.92 Å². The number of aromatic nitrogens is 2. The van der Waals surface area contributed by atoms with E-state index < -0.39 is 42.2 Å². The normalized spacial score (nSPS) is 19.2. The highest BCUT2D eigenvalue weighted by Gasteiger charge is 2.41. The number of methoxy groups -OCH3 is 1. The standard InChI is InChI=1S/C24H23F4N3O2/c1-13-8-16-15(5-6-20-17(16)11-29-30-20)23(31(13)12-24(2,27)28)22-18(25)9-14(10-19(22)26)4-7-21(32)33-3/h4-7,9-11,13,23H,8,12H2,1-3H3,(H,29,30)/b7-4+/t13-,23+/m1/s1. The van der Waals surface area contributed by atoms with Crippen molar-refractivity contribution in [3.05, 3.63) is 70.4 Å². The number of halogens is 4. The van der Waals surface area contributed by atoms with Crippen LogP contribution in [0.2, 0.25) is 0 Å². The number of nitrogens with one attached hydrogen (secondary N) is 1. The van der Waals surface area contributed by atoms with Crippen LogP contribution in [0.5, 0.6) is 0 Å². The molecule has 3 aromatic rings. The SMILES string of the molecule is COC(=O)/C=C/c1cc(F)c([C@@H]2c3ccc4[nH]ncc4c3C[C@@H](C)N2CC(C)(F)F)c(F)c1. The molecule has 0 spiro atoms. The molecule has 1 aliphatic rings. The molecule has 0 unspecified atom stereocenters. The van der Waals surface area contributed by atoms with Crippen LogP contribution < -0.4 is 0 Å². The number of fused-ring (bicyclic) bond motifs is 3. The van der Waals surface area contributed by atoms with Crippen LogP contribution in [0.1, 0.15) is 42.1 Å². The van der Waals surface area contributed by atoms with Crippen LogP contribution in [0.3, 0.4) is 0 Å². The number of hydrogen-bond acceptors (Lipinski definition) is 4. The van der Waals surface area contributed by atoms with Crippen molar-refractivity contribution in [2.24, 2.45) is 0 Å². The van der Waals surface area contributed by atoms with Crippen LogP contribution in [0.15, 0.2) is 36.5 Å². The smallest absolute Gasteiger partial charge is 0.330 e. The van der Waals surface area contributed by atoms with Gasteiger partial charge in [-0.1, -0.05) is 6.07 Å². The summed E-state index contributed by atoms with van der Waals surface area (Å²) in [6, 6.07) is 4.12. The lowest BCUT2D eigenvalue weighted by Gasteiger charge is -2.43. The second kappa shape index (κ2) is 8.62. The fourth-order valence-corrected chi connectivity index (χ4v) is 4.51. The monoisotopic (exact) mass is 461 g/mol. The number of ether oxygens (including phenoxy) is 1. The molecule has 1 N–H and O–H groups in total. The zero-order valence-electron chi connectivity index (χ0n) is 18.3. The van der Waals surface area contributed by atoms with Crippen molar-refractivity contribution in [3.63, 3.8) is 0 Å². The molecule has 0 radical (unpaired) electrons. The number of rotatable bonds is 5. The molecule has 4 rings (SSSR count). The number of benzene rings is 2. The number of H-pyrrole nitrogens is 1. The topological polar surface area (TPSA) is 58.2 Å². The molecule has 0 fully saturated rings. The van der Waals surface area contributed by atoms with Crippen molar-refractivity contribution in [3.8, 4) is 0 Å². The Kier molecular flexibility index (Phi) is 6.00. The second-order valence-electron chi connectivity index (χ2n) is 8.42. The third-order valence-electron chi connectivity index (χ3n) is 5.91. The van der Waals surface area contributed by atoms with Crippen LogP contribution in [-0.2, 0) is 16.0 Å². The van der Waals surface area contributed by atoms with Crippen molar-refractivity contribution >= 4 is 22.9 Å². The van der Waals surface area contributed by atoms with E-state index in [0.717, 1.165) is 41.6 Å². The Morgan fingerprint density at radius 3 is 2.64 bits per heavy atom. The van der Waals surface area contributed by atoms with Gasteiger partial charge in [-0.3, -0.25) is 10.00 Å². The zero-order chi connectivity index (χ0) is 23.9. The van der Waals surface area contributed by atoms with Gasteiger partial charge in [-0.05, 0) is 54.3 Å². The molecule has 2 heterocycles. The number of hydrogen-bond donors (Lipinski definition) is 1. The molecule has 1 aliphatic heterocycles. The minimum Gasteiger partial charge on any atom is -0.466 e. The van der Waals surface area contributed by atoms with E-state index in [0.29, 0.717) is 12.0 Å². The Bertz CT molecular complexity index is 1210. The first-order valence-electron chi connectivity index (χ1n) is 10.4. The van der Waals surface area contributed by atoms with Gasteiger partial charge in [-0.2, -0.15) is 5.10 Å². The molecular formula is C24H23F4N3O2. The summed E-state index contributed by atoms with van der Waals surface area (Å²) in [4.78, 5) is 12.8. The molecule has 2 atom stereocenters. The third kappa shape index (κ3) is 4.50. The van der Waals surface area contributed by atoms with E-state index in [2.05, 4.69) is 14.9 Å². The molecule has 5 nitrogen and oxygen atoms in total. The number of carbonyl (C=O) groups excluding carboxylic acids is 1. The van der Waals surface area contributed by atoms with Gasteiger partial charge in [0.05, 0.1) is 31.4 Å². The Morgan fingerprint density at radius 1 is 1.30 bits per heavy atom. The molecule has 2 aromatic carbocycles. The van der Waals surface area contributed by atoms with E-state index in [1.54, 1.807) is 25.3 Å². The summed E-state index contributed by atoms with van der Waals surface area (Å²) in [7, 11) is 1.19. The van der Waals surface area contributed by atoms with E-state index in [1.165, 1.54) is 18.1 Å². The van der Waals surface area contributed by atoms with Crippen LogP contribution in [0.25, 0.3) is 17.0 Å². The van der Waals surface area contributed by atoms with Crippen LogP contribution in [0, 0.1) is 11.6 Å². The minimum atomic E-state index is -3.07. The van der Waals surface area contributed by atoms with Gasteiger partial charge in [-0.15, -0.1) is 0 Å². The fraction of sp³-hybridized carbons (Fsp3) is 0.333. The van der Waals surface area contributed by atoms with Gasteiger partial charge in [0.15, 0.2) is 0 Å². The highest BCUT2D eigenvalue weighted by molar-refractivity contribution is 5.87. The summed E-state index contributed by atoms with van der Waals surface area (Å²) >= 11 is 0. The summed E-state index contributed by atoms with van der Waals surface area (Å²) < 4.78 is 63.5. The highest BCUT2D eigenvalue weighted by Crippen LogP contribution is 2.43. The predicted molar refractivity (Wildman–Crippen MR) is 116 cm³/mol. The Balaban J connectivity index is 1.88. The highest BCUT2D eigenvalue weighted by atomic mass is 19.3. The van der Waals surface area contributed by atoms with Crippen LogP contribution in [-0.4, -0.2) is 46.7 Å². The van der Waals surface area contributed by atoms with Crippen molar-refractivity contribution in [1.82, 2.24) is 15.1 Å². The van der Waals surface area contributed by atoms with Crippen molar-refractivity contribution in [2.75, 3.05) is 13.7 Å². The maximum atomic E-state index is 15.4. The fourth-order valence-electron chi connectivity index (χ4n) is 4.51. The van der Waals surface area contributed by atoms with E-state index >= 15 is 8.78 Å². The average molecular weight is 461 g/mol. The minimum absolute atomic E-state index is 0.112. The van der Waals surface area contributed by atoms with Gasteiger partial charge in [0.2, 0.25) is 0 Å². The molecule has 0 amide bonds. The first-order chi connectivity index (χ1) is 15.6. The molecule has 0 aliphatic carbocycles. The van der Waals surface area contributed by atoms with Gasteiger partial charge in [-0.25, -0.2) is 22.4 Å². The number of carbonyl (C=O) groups is 1. The lowest BCUT2D eigenvalue weighted by atomic mass is 9.82. The molecular weight excluding hydrogens is 438 g/mol. The lowest BCUT2D eigenvalue weighted by Crippen LogP contribution is -2.48. The number of aromatic amines is 1. The zero-order valence-corrected chi connectivity index (χ0v) is 18.3. The Labute approximate surface area is 188 Å². The number of esters is 1. The number of nitrogens with zero attached hydrogens (tertiary/aromatic N) is 2. The Morgan fingerprint density at radius 2 is 2.00 bits per heavy atom. The largest absolute Gasteiger partial charge is 0.466 e. The molecule has 0 saturated heterocycles. The third-order valence-corrected chi connectivity index (χ3v) is 5.91. The van der Waals surface area contributed by atoms with Crippen molar-refractivity contribution < 1.29 is 27.1 Å². The summed E-state index contributed by atoms with van der Waals surface area (Å²) in [5.74, 6) is -5.52. The maximum absolute atomic E-state index is 15.4. The van der Waals surface area contributed by atoms with E-state index in [4.69, 9.17) is 0 Å². The first-order valence-corrected chi connectivity index (χ1v) is 10.4. The van der Waals surface area contributed by atoms with Crippen LogP contribution >= 0.6 is 0 Å². The Hall–Kier alpha value is -3.20. The van der Waals surface area contributed by atoms with Gasteiger partial charge in [0, 0.05) is 30.0 Å². The summed E-state index contributed by atoms with van der Waals surface area (Å²) in [6.07, 6.45) is 4.34. The van der Waals surface area contributed by atoms with Crippen LogP contribution in [0.4, 0.5) is 17.6 Å². The summed E-state index contributed by atoms with van der Waals surface area (Å²) in [5, 5.41) is 7.71. The first kappa shape index (κ1) is 23.0. The summed E-state index contributed by atoms with van der Waals surface area (Å²) in [6.45, 7) is 1.90. The predicted octanol–water partition coefficient (Wildman–Crippen LogP) is 5.02. The summed E-state index contributed by atoms with van der Waals surface area (Å²) in [5.41, 5.74) is 1.94. The molecule has 9 heteroatoms. The van der Waals surface area contributed by atoms with Gasteiger partial charge < -0.3 is 4.74 Å². The van der Waals surface area contributed by atoms with Crippen molar-refractivity contribution in [1.29, 1.82) is 0 Å². The van der Waals surface area contributed by atoms with Gasteiger partial charge in [0.1, 0.15) is 11.6 Å². The molecule has 33 heavy (non-hydrogen) atoms. The molecule has 0 bridgehead atoms. The molecule has 174 valence electrons. The second-order valence-corrected chi connectivity index (χ2v) is 8.42. The quantitative estimate of drug-likeness (QED) is 0.329. The van der Waals surface area contributed by atoms with Crippen molar-refractivity contribution in [2.45, 2.75) is 38.3 Å². The maximum Gasteiger partial charge on any atom is 0.330 e. The van der Waals surface area contributed by atoms with Gasteiger partial charge >= 0.3 is 5.97 Å². The van der Waals surface area contributed by atoms with E-state index in [9.17, 15) is 13.6 Å². The number of alkyl halides is 2. The lowest BCUT2D eigenvalue weighted by molar-refractivity contribution is -0.134. The van der Waals surface area contributed by atoms with E-state index in [1.807, 2.05) is 0 Å². The van der Waals surface area contributed by atoms with E-state index in [-0.39, 0.29) is 11.1 Å².